The van der Waals surface area contributed by atoms with Crippen molar-refractivity contribution < 1.29 is 19.1 Å². The van der Waals surface area contributed by atoms with Crippen LogP contribution in [-0.2, 0) is 19.1 Å². The molecule has 2 fully saturated rings. The van der Waals surface area contributed by atoms with Gasteiger partial charge in [0.2, 0.25) is 0 Å². The van der Waals surface area contributed by atoms with Crippen molar-refractivity contribution in [2.45, 2.75) is 18.6 Å². The molecule has 0 radical (unpaired) electrons. The summed E-state index contributed by atoms with van der Waals surface area (Å²) >= 11 is 0. The van der Waals surface area contributed by atoms with Crippen LogP contribution in [0.1, 0.15) is 6.42 Å². The lowest BCUT2D eigenvalue weighted by molar-refractivity contribution is -0.149. The molecule has 0 bridgehead atoms. The lowest BCUT2D eigenvalue weighted by atomic mass is 10.2. The lowest BCUT2D eigenvalue weighted by Crippen LogP contribution is -2.23. The Morgan fingerprint density at radius 2 is 2.20 bits per heavy atom. The number of rotatable bonds is 0. The van der Waals surface area contributed by atoms with Gasteiger partial charge in [0.05, 0.1) is 6.61 Å². The second-order valence-electron chi connectivity index (χ2n) is 2.39. The third-order valence-electron chi connectivity index (χ3n) is 1.76. The van der Waals surface area contributed by atoms with Crippen molar-refractivity contribution in [2.24, 2.45) is 0 Å². The van der Waals surface area contributed by atoms with E-state index in [0.717, 1.165) is 0 Å². The van der Waals surface area contributed by atoms with Crippen LogP contribution in [0.2, 0.25) is 0 Å². The van der Waals surface area contributed by atoms with Crippen molar-refractivity contribution in [1.29, 1.82) is 0 Å². The Morgan fingerprint density at radius 3 is 2.90 bits per heavy atom. The predicted molar refractivity (Wildman–Crippen MR) is 29.2 cm³/mol. The first-order valence-electron chi connectivity index (χ1n) is 3.15. The minimum absolute atomic E-state index is 0.292. The van der Waals surface area contributed by atoms with Gasteiger partial charge in [-0.2, -0.15) is 0 Å². The van der Waals surface area contributed by atoms with E-state index in [1.54, 1.807) is 0 Å². The maximum absolute atomic E-state index is 10.8. The van der Waals surface area contributed by atoms with Gasteiger partial charge in [0.25, 0.3) is 5.78 Å². The molecule has 10 heavy (non-hydrogen) atoms. The van der Waals surface area contributed by atoms with Crippen LogP contribution in [0, 0.1) is 0 Å². The van der Waals surface area contributed by atoms with Crippen molar-refractivity contribution >= 4 is 11.8 Å². The molecule has 4 nitrogen and oxygen atoms in total. The van der Waals surface area contributed by atoms with Crippen LogP contribution in [0.3, 0.4) is 0 Å². The molecule has 2 aliphatic heterocycles. The molecule has 0 saturated carbocycles. The number of fused-ring (bicyclic) bond motifs is 1. The van der Waals surface area contributed by atoms with E-state index in [9.17, 15) is 9.59 Å². The zero-order valence-corrected chi connectivity index (χ0v) is 5.20. The molecule has 2 aliphatic rings. The summed E-state index contributed by atoms with van der Waals surface area (Å²) in [5, 5.41) is 0. The van der Waals surface area contributed by atoms with Gasteiger partial charge >= 0.3 is 5.97 Å². The van der Waals surface area contributed by atoms with Gasteiger partial charge in [-0.3, -0.25) is 4.79 Å². The van der Waals surface area contributed by atoms with Crippen LogP contribution < -0.4 is 0 Å². The van der Waals surface area contributed by atoms with Crippen LogP contribution in [0.5, 0.6) is 0 Å². The fourth-order valence-corrected chi connectivity index (χ4v) is 1.25. The second kappa shape index (κ2) is 1.79. The van der Waals surface area contributed by atoms with Crippen molar-refractivity contribution in [3.63, 3.8) is 0 Å². The molecule has 2 heterocycles. The smallest absolute Gasteiger partial charge is 0.377 e. The van der Waals surface area contributed by atoms with Crippen molar-refractivity contribution in [3.05, 3.63) is 0 Å². The van der Waals surface area contributed by atoms with Gasteiger partial charge in [-0.05, 0) is 0 Å². The van der Waals surface area contributed by atoms with E-state index in [2.05, 4.69) is 4.74 Å². The summed E-state index contributed by atoms with van der Waals surface area (Å²) in [6, 6.07) is 0. The number of Topliss-reactive ketones (excluding diaryl/α,β-unsaturated/α-hetero) is 1. The Kier molecular flexibility index (Phi) is 1.05. The van der Waals surface area contributed by atoms with Crippen molar-refractivity contribution in [2.75, 3.05) is 6.61 Å². The van der Waals surface area contributed by atoms with Gasteiger partial charge in [0.1, 0.15) is 6.10 Å². The maximum atomic E-state index is 10.8. The monoisotopic (exact) mass is 142 g/mol. The lowest BCUT2D eigenvalue weighted by Gasteiger charge is -2.00. The van der Waals surface area contributed by atoms with Crippen LogP contribution in [0.15, 0.2) is 0 Å². The first-order valence-corrected chi connectivity index (χ1v) is 3.15. The third kappa shape index (κ3) is 0.593. The zero-order valence-electron chi connectivity index (χ0n) is 5.20. The largest absolute Gasteiger partial charge is 0.453 e. The Morgan fingerprint density at radius 1 is 1.40 bits per heavy atom. The molecule has 54 valence electrons. The molecule has 0 aromatic carbocycles. The van der Waals surface area contributed by atoms with Crippen LogP contribution in [0.4, 0.5) is 0 Å². The molecule has 2 atom stereocenters. The van der Waals surface area contributed by atoms with Gasteiger partial charge < -0.3 is 9.47 Å². The molecule has 0 aromatic heterocycles. The molecule has 4 heteroatoms. The van der Waals surface area contributed by atoms with Crippen LogP contribution in [-0.4, -0.2) is 30.6 Å². The standard InChI is InChI=1S/C6H6O4/c7-4-5-3(1-2-9-5)10-6(4)8/h3,5H,1-2H2. The number of ether oxygens (including phenoxy) is 2. The topological polar surface area (TPSA) is 52.6 Å². The van der Waals surface area contributed by atoms with Gasteiger partial charge in [0.15, 0.2) is 6.10 Å². The highest BCUT2D eigenvalue weighted by atomic mass is 16.6. The molecule has 0 spiro atoms. The summed E-state index contributed by atoms with van der Waals surface area (Å²) in [4.78, 5) is 21.3. The molecule has 0 aliphatic carbocycles. The number of ketones is 1. The average molecular weight is 142 g/mol. The number of hydrogen-bond donors (Lipinski definition) is 0. The number of carbonyl (C=O) groups is 2. The summed E-state index contributed by atoms with van der Waals surface area (Å²) < 4.78 is 9.65. The predicted octanol–water partition coefficient (Wildman–Crippen LogP) is -0.730. The molecule has 0 amide bonds. The van der Waals surface area contributed by atoms with E-state index in [0.29, 0.717) is 13.0 Å². The van der Waals surface area contributed by atoms with Gasteiger partial charge in [-0.15, -0.1) is 0 Å². The van der Waals surface area contributed by atoms with Gasteiger partial charge in [0, 0.05) is 6.42 Å². The molecular weight excluding hydrogens is 136 g/mol. The highest BCUT2D eigenvalue weighted by Gasteiger charge is 2.47. The Hall–Kier alpha value is -0.900. The maximum Gasteiger partial charge on any atom is 0.377 e. The fraction of sp³-hybridized carbons (Fsp3) is 0.667. The summed E-state index contributed by atoms with van der Waals surface area (Å²) in [5.41, 5.74) is 0. The Labute approximate surface area is 57.1 Å². The third-order valence-corrected chi connectivity index (χ3v) is 1.76. The molecule has 0 aromatic rings. The minimum atomic E-state index is -0.741. The van der Waals surface area contributed by atoms with E-state index in [1.807, 2.05) is 0 Å². The first-order chi connectivity index (χ1) is 4.79. The van der Waals surface area contributed by atoms with Gasteiger partial charge in [-0.25, -0.2) is 4.79 Å². The summed E-state index contributed by atoms with van der Waals surface area (Å²) in [6.45, 7) is 0.522. The SMILES string of the molecule is O=C1OC2CCOC2C1=O. The summed E-state index contributed by atoms with van der Waals surface area (Å²) in [5.74, 6) is -1.27. The molecule has 2 unspecified atom stereocenters. The Balaban J connectivity index is 2.24. The van der Waals surface area contributed by atoms with Crippen molar-refractivity contribution in [3.8, 4) is 0 Å². The van der Waals surface area contributed by atoms with E-state index in [1.165, 1.54) is 0 Å². The summed E-state index contributed by atoms with van der Waals surface area (Å²) in [7, 11) is 0. The highest BCUT2D eigenvalue weighted by molar-refractivity contribution is 6.37. The fourth-order valence-electron chi connectivity index (χ4n) is 1.25. The number of carbonyl (C=O) groups excluding carboxylic acids is 2. The zero-order chi connectivity index (χ0) is 7.14. The van der Waals surface area contributed by atoms with E-state index >= 15 is 0 Å². The molecule has 0 N–H and O–H groups in total. The molecule has 2 rings (SSSR count). The normalized spacial score (nSPS) is 38.0. The number of esters is 1. The van der Waals surface area contributed by atoms with E-state index in [4.69, 9.17) is 4.74 Å². The van der Waals surface area contributed by atoms with Gasteiger partial charge in [-0.1, -0.05) is 0 Å². The summed E-state index contributed by atoms with van der Waals surface area (Å²) in [6.07, 6.45) is -0.227. The Bertz CT molecular complexity index is 198. The van der Waals surface area contributed by atoms with Crippen LogP contribution in [0.25, 0.3) is 0 Å². The quantitative estimate of drug-likeness (QED) is 0.330. The van der Waals surface area contributed by atoms with Crippen LogP contribution >= 0.6 is 0 Å². The number of hydrogen-bond acceptors (Lipinski definition) is 4. The van der Waals surface area contributed by atoms with Crippen molar-refractivity contribution in [1.82, 2.24) is 0 Å². The first kappa shape index (κ1) is 5.85. The minimum Gasteiger partial charge on any atom is -0.453 e. The van der Waals surface area contributed by atoms with E-state index < -0.39 is 17.9 Å². The molecular formula is C6H6O4. The average Bonchev–Trinajstić information content (AvgIpc) is 2.41. The molecule has 2 saturated heterocycles. The second-order valence-corrected chi connectivity index (χ2v) is 2.39. The van der Waals surface area contributed by atoms with E-state index in [-0.39, 0.29) is 6.10 Å². The highest BCUT2D eigenvalue weighted by Crippen LogP contribution is 2.23.